The van der Waals surface area contributed by atoms with Gasteiger partial charge in [-0.05, 0) is 24.1 Å². The lowest BCUT2D eigenvalue weighted by Gasteiger charge is -2.10. The van der Waals surface area contributed by atoms with Crippen LogP contribution in [-0.2, 0) is 12.3 Å². The van der Waals surface area contributed by atoms with E-state index in [1.165, 1.54) is 6.07 Å². The number of alkyl halides is 1. The van der Waals surface area contributed by atoms with Crippen LogP contribution in [0.15, 0.2) is 24.3 Å². The zero-order chi connectivity index (χ0) is 14.7. The van der Waals surface area contributed by atoms with Gasteiger partial charge in [-0.1, -0.05) is 41.7 Å². The van der Waals surface area contributed by atoms with Crippen molar-refractivity contribution in [3.63, 3.8) is 0 Å². The van der Waals surface area contributed by atoms with Crippen molar-refractivity contribution in [1.29, 1.82) is 0 Å². The van der Waals surface area contributed by atoms with Crippen molar-refractivity contribution in [2.45, 2.75) is 19.2 Å². The van der Waals surface area contributed by atoms with Gasteiger partial charge < -0.3 is 4.74 Å². The summed E-state index contributed by atoms with van der Waals surface area (Å²) in [5, 5.41) is 1.12. The monoisotopic (exact) mass is 349 g/mol. The van der Waals surface area contributed by atoms with Gasteiger partial charge in [0.2, 0.25) is 5.88 Å². The third kappa shape index (κ3) is 3.70. The molecule has 0 amide bonds. The number of halogens is 4. The maximum atomic E-state index is 6.08. The van der Waals surface area contributed by atoms with Crippen molar-refractivity contribution in [2.75, 3.05) is 0 Å². The number of aromatic nitrogens is 1. The first-order valence-electron chi connectivity index (χ1n) is 5.91. The van der Waals surface area contributed by atoms with Gasteiger partial charge in [0.15, 0.2) is 0 Å². The summed E-state index contributed by atoms with van der Waals surface area (Å²) in [4.78, 5) is 4.37. The molecule has 106 valence electrons. The van der Waals surface area contributed by atoms with E-state index in [1.807, 2.05) is 13.0 Å². The number of benzene rings is 1. The summed E-state index contributed by atoms with van der Waals surface area (Å²) in [5.74, 6) is 1.23. The summed E-state index contributed by atoms with van der Waals surface area (Å²) < 4.78 is 5.69. The Morgan fingerprint density at radius 3 is 2.35 bits per heavy atom. The number of ether oxygens (including phenoxy) is 1. The van der Waals surface area contributed by atoms with E-state index in [-0.39, 0.29) is 0 Å². The smallest absolute Gasteiger partial charge is 0.219 e. The Morgan fingerprint density at radius 2 is 1.70 bits per heavy atom. The fourth-order valence-electron chi connectivity index (χ4n) is 1.63. The van der Waals surface area contributed by atoms with E-state index in [9.17, 15) is 0 Å². The highest BCUT2D eigenvalue weighted by Crippen LogP contribution is 2.36. The second-order valence-corrected chi connectivity index (χ2v) is 5.58. The number of pyridine rings is 1. The average molecular weight is 351 g/mol. The third-order valence-corrected chi connectivity index (χ3v) is 3.95. The molecular weight excluding hydrogens is 340 g/mol. The molecule has 1 heterocycles. The second-order valence-electron chi connectivity index (χ2n) is 4.09. The van der Waals surface area contributed by atoms with Crippen LogP contribution in [0, 0.1) is 0 Å². The Bertz CT molecular complexity index is 609. The zero-order valence-corrected chi connectivity index (χ0v) is 13.6. The lowest BCUT2D eigenvalue weighted by molar-refractivity contribution is 0.460. The van der Waals surface area contributed by atoms with Crippen LogP contribution in [0.3, 0.4) is 0 Å². The molecule has 6 heteroatoms. The maximum absolute atomic E-state index is 6.08. The van der Waals surface area contributed by atoms with Crippen molar-refractivity contribution >= 4 is 46.4 Å². The standard InChI is InChI=1S/C14H11Cl4NO/c1-2-9-3-8(7-15)4-14(19-9)20-13-6-11(17)10(16)5-12(13)18/h3-6H,2,7H2,1H3. The first-order valence-corrected chi connectivity index (χ1v) is 7.58. The maximum Gasteiger partial charge on any atom is 0.219 e. The lowest BCUT2D eigenvalue weighted by Crippen LogP contribution is -1.95. The van der Waals surface area contributed by atoms with E-state index in [0.717, 1.165) is 17.7 Å². The summed E-state index contributed by atoms with van der Waals surface area (Å²) in [6.45, 7) is 2.01. The van der Waals surface area contributed by atoms with Crippen molar-refractivity contribution in [2.24, 2.45) is 0 Å². The molecule has 0 saturated heterocycles. The molecule has 0 unspecified atom stereocenters. The predicted octanol–water partition coefficient (Wildman–Crippen LogP) is 6.14. The van der Waals surface area contributed by atoms with Gasteiger partial charge in [0.25, 0.3) is 0 Å². The molecule has 0 fully saturated rings. The molecule has 1 aromatic carbocycles. The fourth-order valence-corrected chi connectivity index (χ4v) is 2.36. The largest absolute Gasteiger partial charge is 0.437 e. The molecule has 0 spiro atoms. The predicted molar refractivity (Wildman–Crippen MR) is 84.7 cm³/mol. The second kappa shape index (κ2) is 6.86. The quantitative estimate of drug-likeness (QED) is 0.488. The van der Waals surface area contributed by atoms with E-state index in [2.05, 4.69) is 4.98 Å². The number of hydrogen-bond acceptors (Lipinski definition) is 2. The van der Waals surface area contributed by atoms with Gasteiger partial charge >= 0.3 is 0 Å². The average Bonchev–Trinajstić information content (AvgIpc) is 2.44. The van der Waals surface area contributed by atoms with Crippen molar-refractivity contribution < 1.29 is 4.74 Å². The van der Waals surface area contributed by atoms with Gasteiger partial charge in [-0.2, -0.15) is 0 Å². The Balaban J connectivity index is 2.36. The van der Waals surface area contributed by atoms with Crippen LogP contribution < -0.4 is 4.74 Å². The fraction of sp³-hybridized carbons (Fsp3) is 0.214. The molecule has 0 radical (unpaired) electrons. The van der Waals surface area contributed by atoms with Crippen molar-refractivity contribution in [3.05, 3.63) is 50.6 Å². The number of nitrogens with zero attached hydrogens (tertiary/aromatic N) is 1. The molecule has 2 rings (SSSR count). The van der Waals surface area contributed by atoms with Gasteiger partial charge in [0.1, 0.15) is 5.75 Å². The molecular formula is C14H11Cl4NO. The SMILES string of the molecule is CCc1cc(CCl)cc(Oc2cc(Cl)c(Cl)cc2Cl)n1. The van der Waals surface area contributed by atoms with Crippen LogP contribution in [0.4, 0.5) is 0 Å². The third-order valence-electron chi connectivity index (χ3n) is 2.62. The summed E-state index contributed by atoms with van der Waals surface area (Å²) >= 11 is 23.8. The minimum atomic E-state index is 0.371. The highest BCUT2D eigenvalue weighted by atomic mass is 35.5. The first-order chi connectivity index (χ1) is 9.53. The molecule has 0 N–H and O–H groups in total. The number of hydrogen-bond donors (Lipinski definition) is 0. The van der Waals surface area contributed by atoms with E-state index in [4.69, 9.17) is 51.1 Å². The molecule has 2 aromatic rings. The molecule has 0 aliphatic carbocycles. The minimum absolute atomic E-state index is 0.371. The number of aryl methyl sites for hydroxylation is 1. The van der Waals surface area contributed by atoms with E-state index in [0.29, 0.717) is 32.6 Å². The van der Waals surface area contributed by atoms with Gasteiger partial charge in [-0.3, -0.25) is 0 Å². The van der Waals surface area contributed by atoms with E-state index < -0.39 is 0 Å². The van der Waals surface area contributed by atoms with Crippen molar-refractivity contribution in [1.82, 2.24) is 4.98 Å². The zero-order valence-electron chi connectivity index (χ0n) is 10.6. The minimum Gasteiger partial charge on any atom is -0.437 e. The van der Waals surface area contributed by atoms with Gasteiger partial charge in [0, 0.05) is 23.7 Å². The Hall–Kier alpha value is -0.670. The molecule has 0 bridgehead atoms. The Kier molecular flexibility index (Phi) is 5.39. The van der Waals surface area contributed by atoms with Crippen LogP contribution in [-0.4, -0.2) is 4.98 Å². The summed E-state index contributed by atoms with van der Waals surface area (Å²) in [5.41, 5.74) is 1.83. The molecule has 0 aliphatic rings. The summed E-state index contributed by atoms with van der Waals surface area (Å²) in [6, 6.07) is 6.81. The van der Waals surface area contributed by atoms with E-state index in [1.54, 1.807) is 12.1 Å². The molecule has 2 nitrogen and oxygen atoms in total. The van der Waals surface area contributed by atoms with Gasteiger partial charge in [-0.15, -0.1) is 11.6 Å². The molecule has 1 aromatic heterocycles. The summed E-state index contributed by atoms with van der Waals surface area (Å²) in [6.07, 6.45) is 0.788. The van der Waals surface area contributed by atoms with Crippen LogP contribution in [0.5, 0.6) is 11.6 Å². The van der Waals surface area contributed by atoms with E-state index >= 15 is 0 Å². The number of rotatable bonds is 4. The van der Waals surface area contributed by atoms with Crippen LogP contribution >= 0.6 is 46.4 Å². The van der Waals surface area contributed by atoms with Gasteiger partial charge in [-0.25, -0.2) is 4.98 Å². The molecule has 0 aliphatic heterocycles. The topological polar surface area (TPSA) is 22.1 Å². The van der Waals surface area contributed by atoms with Crippen molar-refractivity contribution in [3.8, 4) is 11.6 Å². The van der Waals surface area contributed by atoms with Gasteiger partial charge in [0.05, 0.1) is 15.1 Å². The van der Waals surface area contributed by atoms with Crippen LogP contribution in [0.2, 0.25) is 15.1 Å². The first kappa shape index (κ1) is 15.7. The highest BCUT2D eigenvalue weighted by Gasteiger charge is 2.10. The lowest BCUT2D eigenvalue weighted by atomic mass is 10.2. The van der Waals surface area contributed by atoms with Crippen LogP contribution in [0.1, 0.15) is 18.2 Å². The molecule has 0 atom stereocenters. The Morgan fingerprint density at radius 1 is 1.00 bits per heavy atom. The molecule has 0 saturated carbocycles. The summed E-state index contributed by atoms with van der Waals surface area (Å²) in [7, 11) is 0. The molecule has 20 heavy (non-hydrogen) atoms. The van der Waals surface area contributed by atoms with Crippen LogP contribution in [0.25, 0.3) is 0 Å². The Labute approximate surface area is 137 Å². The normalized spacial score (nSPS) is 10.7. The highest BCUT2D eigenvalue weighted by molar-refractivity contribution is 6.43.